The van der Waals surface area contributed by atoms with Crippen LogP contribution in [0.1, 0.15) is 6.92 Å². The summed E-state index contributed by atoms with van der Waals surface area (Å²) in [7, 11) is -4.57. The smallest absolute Gasteiger partial charge is 0.325 e. The molecule has 0 amide bonds. The zero-order chi connectivity index (χ0) is 6.78. The van der Waals surface area contributed by atoms with Crippen LogP contribution in [0.3, 0.4) is 0 Å². The molecule has 0 aromatic rings. The third-order valence-electron chi connectivity index (χ3n) is 0.223. The van der Waals surface area contributed by atoms with Crippen LogP contribution in [0.15, 0.2) is 0 Å². The molecule has 0 saturated heterocycles. The number of carbonyl (C=O) groups excluding carboxylic acids is 1. The van der Waals surface area contributed by atoms with E-state index in [1.807, 2.05) is 0 Å². The Kier molecular flexibility index (Phi) is 4.97. The second-order valence-corrected chi connectivity index (χ2v) is 2.02. The summed E-state index contributed by atoms with van der Waals surface area (Å²) in [6, 6.07) is 0. The van der Waals surface area contributed by atoms with Crippen molar-refractivity contribution >= 4 is 16.4 Å². The van der Waals surface area contributed by atoms with Gasteiger partial charge in [0, 0.05) is 24.0 Å². The molecule has 0 fully saturated rings. The normalized spacial score (nSPS) is 9.56. The predicted molar refractivity (Wildman–Crippen MR) is 23.3 cm³/mol. The largest absolute Gasteiger partial charge is 0.448 e. The quantitative estimate of drug-likeness (QED) is 0.444. The Labute approximate surface area is 62.8 Å². The van der Waals surface area contributed by atoms with Crippen LogP contribution in [-0.2, 0) is 36.4 Å². The van der Waals surface area contributed by atoms with Gasteiger partial charge in [-0.2, -0.15) is 8.42 Å². The van der Waals surface area contributed by atoms with Gasteiger partial charge in [0.25, 0.3) is 0 Å². The molecule has 1 N–H and O–H groups in total. The van der Waals surface area contributed by atoms with Gasteiger partial charge in [-0.15, -0.1) is 0 Å². The Morgan fingerprint density at radius 3 is 1.89 bits per heavy atom. The van der Waals surface area contributed by atoms with Crippen molar-refractivity contribution in [2.75, 3.05) is 0 Å². The van der Waals surface area contributed by atoms with Crippen LogP contribution >= 0.6 is 0 Å². The maximum absolute atomic E-state index is 9.70. The summed E-state index contributed by atoms with van der Waals surface area (Å²) in [5.41, 5.74) is 0. The van der Waals surface area contributed by atoms with E-state index in [4.69, 9.17) is 4.55 Å². The van der Waals surface area contributed by atoms with E-state index in [1.54, 1.807) is 0 Å². The van der Waals surface area contributed by atoms with E-state index in [0.717, 1.165) is 6.92 Å². The van der Waals surface area contributed by atoms with Crippen LogP contribution in [0.5, 0.6) is 0 Å². The van der Waals surface area contributed by atoms with Crippen LogP contribution in [0, 0.1) is 0 Å². The van der Waals surface area contributed by atoms with Gasteiger partial charge >= 0.3 is 16.4 Å². The second kappa shape index (κ2) is 3.84. The van der Waals surface area contributed by atoms with Crippen molar-refractivity contribution in [3.8, 4) is 0 Å². The molecule has 0 spiro atoms. The number of carbonyl (C=O) groups is 1. The summed E-state index contributed by atoms with van der Waals surface area (Å²) in [5, 5.41) is 0. The summed E-state index contributed by atoms with van der Waals surface area (Å²) in [4.78, 5) is 9.70. The van der Waals surface area contributed by atoms with Crippen LogP contribution in [0.2, 0.25) is 0 Å². The summed E-state index contributed by atoms with van der Waals surface area (Å²) >= 11 is 0. The van der Waals surface area contributed by atoms with Gasteiger partial charge in [0.05, 0.1) is 0 Å². The van der Waals surface area contributed by atoms with Gasteiger partial charge in [-0.05, 0) is 0 Å². The van der Waals surface area contributed by atoms with Crippen LogP contribution in [-0.4, -0.2) is 18.9 Å². The Morgan fingerprint density at radius 1 is 1.56 bits per heavy atom. The van der Waals surface area contributed by atoms with E-state index >= 15 is 0 Å². The first-order valence-electron chi connectivity index (χ1n) is 1.59. The number of rotatable bonds is 1. The molecule has 0 atom stereocenters. The molecule has 9 heavy (non-hydrogen) atoms. The standard InChI is InChI=1S/C2H4O5S.Mn/c1-2(3)7-8(4,5)6;/h1H3,(H,4,5,6);. The molecule has 0 heterocycles. The Bertz CT molecular complexity index is 181. The fourth-order valence-corrected chi connectivity index (χ4v) is 0.445. The van der Waals surface area contributed by atoms with Crippen molar-refractivity contribution < 1.29 is 39.0 Å². The molecule has 0 aliphatic carbocycles. The molecule has 5 nitrogen and oxygen atoms in total. The maximum Gasteiger partial charge on any atom is 0.448 e. The summed E-state index contributed by atoms with van der Waals surface area (Å²) in [5.74, 6) is -1.06. The molecule has 0 rings (SSSR count). The van der Waals surface area contributed by atoms with Gasteiger partial charge in [0.2, 0.25) is 0 Å². The zero-order valence-electron chi connectivity index (χ0n) is 4.37. The predicted octanol–water partition coefficient (Wildman–Crippen LogP) is -0.650. The molecule has 0 bridgehead atoms. The van der Waals surface area contributed by atoms with E-state index < -0.39 is 16.4 Å². The molecule has 0 aromatic heterocycles. The number of hydrogen-bond acceptors (Lipinski definition) is 4. The Hall–Kier alpha value is -0.101. The van der Waals surface area contributed by atoms with Crippen molar-refractivity contribution in [2.45, 2.75) is 6.92 Å². The Morgan fingerprint density at radius 2 is 1.89 bits per heavy atom. The first kappa shape index (κ1) is 11.7. The van der Waals surface area contributed by atoms with Gasteiger partial charge in [-0.3, -0.25) is 9.35 Å². The number of hydrogen-bond donors (Lipinski definition) is 1. The molecule has 0 aromatic carbocycles. The van der Waals surface area contributed by atoms with Gasteiger partial charge in [0.1, 0.15) is 0 Å². The SMILES string of the molecule is CC(=O)OS(=O)(=O)O.[Mn]. The van der Waals surface area contributed by atoms with Gasteiger partial charge in [-0.25, -0.2) is 0 Å². The topological polar surface area (TPSA) is 80.7 Å². The van der Waals surface area contributed by atoms with E-state index in [0.29, 0.717) is 0 Å². The van der Waals surface area contributed by atoms with Crippen molar-refractivity contribution in [2.24, 2.45) is 0 Å². The summed E-state index contributed by atoms with van der Waals surface area (Å²) in [6.07, 6.45) is 0. The van der Waals surface area contributed by atoms with Crippen molar-refractivity contribution in [1.29, 1.82) is 0 Å². The van der Waals surface area contributed by atoms with E-state index in [1.165, 1.54) is 0 Å². The average Bonchev–Trinajstić information content (AvgIpc) is 1.21. The second-order valence-electron chi connectivity index (χ2n) is 1.00. The van der Waals surface area contributed by atoms with Crippen molar-refractivity contribution in [3.05, 3.63) is 0 Å². The Balaban J connectivity index is 0. The molecule has 0 aliphatic heterocycles. The molecule has 0 aliphatic rings. The third kappa shape index (κ3) is 11.5. The molecule has 0 unspecified atom stereocenters. The molecular formula is C2H4MnO5S. The first-order valence-corrected chi connectivity index (χ1v) is 2.96. The maximum atomic E-state index is 9.70. The van der Waals surface area contributed by atoms with Gasteiger partial charge in [0.15, 0.2) is 0 Å². The summed E-state index contributed by atoms with van der Waals surface area (Å²) < 4.78 is 30.2. The van der Waals surface area contributed by atoms with Crippen LogP contribution in [0.4, 0.5) is 0 Å². The fraction of sp³-hybridized carbons (Fsp3) is 0.500. The fourth-order valence-electron chi connectivity index (χ4n) is 0.148. The van der Waals surface area contributed by atoms with Gasteiger partial charge in [-0.1, -0.05) is 0 Å². The van der Waals surface area contributed by atoms with E-state index in [2.05, 4.69) is 4.18 Å². The third-order valence-corrected chi connectivity index (χ3v) is 0.668. The van der Waals surface area contributed by atoms with Crippen molar-refractivity contribution in [1.82, 2.24) is 0 Å². The minimum absolute atomic E-state index is 0. The summed E-state index contributed by atoms with van der Waals surface area (Å²) in [6.45, 7) is 0.869. The first-order chi connectivity index (χ1) is 3.42. The molecular weight excluding hydrogens is 191 g/mol. The molecule has 55 valence electrons. The van der Waals surface area contributed by atoms with Crippen molar-refractivity contribution in [3.63, 3.8) is 0 Å². The minimum Gasteiger partial charge on any atom is -0.325 e. The van der Waals surface area contributed by atoms with E-state index in [9.17, 15) is 13.2 Å². The van der Waals surface area contributed by atoms with E-state index in [-0.39, 0.29) is 17.1 Å². The minimum atomic E-state index is -4.57. The molecule has 7 heteroatoms. The monoisotopic (exact) mass is 195 g/mol. The molecule has 1 radical (unpaired) electrons. The molecule has 0 saturated carbocycles. The average molecular weight is 195 g/mol. The zero-order valence-corrected chi connectivity index (χ0v) is 6.36. The van der Waals surface area contributed by atoms with Crippen LogP contribution < -0.4 is 0 Å². The van der Waals surface area contributed by atoms with Gasteiger partial charge < -0.3 is 4.18 Å². The van der Waals surface area contributed by atoms with Crippen LogP contribution in [0.25, 0.3) is 0 Å².